The summed E-state index contributed by atoms with van der Waals surface area (Å²) in [5.74, 6) is -0.209. The lowest BCUT2D eigenvalue weighted by Crippen LogP contribution is -2.67. The molecule has 2 aromatic rings. The van der Waals surface area contributed by atoms with Gasteiger partial charge in [0.25, 0.3) is 8.32 Å². The van der Waals surface area contributed by atoms with Crippen LogP contribution in [0.3, 0.4) is 0 Å². The first-order valence-corrected chi connectivity index (χ1v) is 25.4. The van der Waals surface area contributed by atoms with Gasteiger partial charge in [-0.1, -0.05) is 171 Å². The fourth-order valence-corrected chi connectivity index (χ4v) is 14.3. The van der Waals surface area contributed by atoms with E-state index in [1.165, 1.54) is 68.2 Å². The molecular formula is C51H78O6Si. The molecule has 2 aromatic carbocycles. The summed E-state index contributed by atoms with van der Waals surface area (Å²) >= 11 is 0. The van der Waals surface area contributed by atoms with Crippen molar-refractivity contribution in [2.75, 3.05) is 0 Å². The van der Waals surface area contributed by atoms with Crippen LogP contribution in [0.25, 0.3) is 0 Å². The van der Waals surface area contributed by atoms with E-state index in [2.05, 4.69) is 101 Å². The number of aliphatic hydroxyl groups excluding tert-OH is 1. The number of hydrogen-bond donors (Lipinski definition) is 1. The van der Waals surface area contributed by atoms with Crippen LogP contribution in [0.5, 0.6) is 0 Å². The highest BCUT2D eigenvalue weighted by Crippen LogP contribution is 2.39. The molecule has 322 valence electrons. The van der Waals surface area contributed by atoms with Crippen LogP contribution in [0.1, 0.15) is 169 Å². The Morgan fingerprint density at radius 1 is 0.759 bits per heavy atom. The number of unbranched alkanes of at least 4 members (excludes halogenated alkanes) is 11. The zero-order valence-corrected chi connectivity index (χ0v) is 37.9. The van der Waals surface area contributed by atoms with Gasteiger partial charge in [0.05, 0.1) is 36.6 Å². The Labute approximate surface area is 353 Å². The quantitative estimate of drug-likeness (QED) is 0.0441. The predicted octanol–water partition coefficient (Wildman–Crippen LogP) is 11.5. The third-order valence-corrected chi connectivity index (χ3v) is 17.9. The zero-order chi connectivity index (χ0) is 41.2. The fraction of sp³-hybridized carbons (Fsp3) is 0.667. The maximum absolute atomic E-state index is 12.8. The summed E-state index contributed by atoms with van der Waals surface area (Å²) in [6.07, 6.45) is 29.9. The standard InChI is InChI=1S/C51H78O6Si/c1-6-7-8-9-10-11-12-13-17-26-33-46(52)47-36-37-49(56-47)48-35-34-42(55-48)27-20-15-14-16-21-28-43(39-41-38-40(2)54-50(41)53)57-58(51(3,4)5,44-29-22-18-23-30-44)45-31-24-19-25-32-45/h15,18-20,22-25,29-32,38,40,42-43,46-49,52H,6-14,16-17,21,26-28,33-37,39H2,1-5H3/b20-15+/t40-,42+,43+,46+,47+,48-,49-/m0/s1. The first-order chi connectivity index (χ1) is 28.1. The number of aliphatic hydroxyl groups is 1. The third kappa shape index (κ3) is 13.7. The van der Waals surface area contributed by atoms with Crippen LogP contribution >= 0.6 is 0 Å². The maximum atomic E-state index is 12.8. The highest BCUT2D eigenvalue weighted by molar-refractivity contribution is 6.99. The van der Waals surface area contributed by atoms with Crippen molar-refractivity contribution in [2.45, 2.75) is 217 Å². The summed E-state index contributed by atoms with van der Waals surface area (Å²) in [6.45, 7) is 11.1. The number of esters is 1. The van der Waals surface area contributed by atoms with Crippen LogP contribution in [0.4, 0.5) is 0 Å². The Morgan fingerprint density at radius 2 is 1.34 bits per heavy atom. The van der Waals surface area contributed by atoms with Gasteiger partial charge in [0.1, 0.15) is 6.10 Å². The first-order valence-electron chi connectivity index (χ1n) is 23.4. The third-order valence-electron chi connectivity index (χ3n) is 12.8. The van der Waals surface area contributed by atoms with Gasteiger partial charge < -0.3 is 23.7 Å². The summed E-state index contributed by atoms with van der Waals surface area (Å²) in [6, 6.07) is 21.6. The highest BCUT2D eigenvalue weighted by atomic mass is 28.4. The van der Waals surface area contributed by atoms with Crippen molar-refractivity contribution in [1.29, 1.82) is 0 Å². The summed E-state index contributed by atoms with van der Waals surface area (Å²) in [5.41, 5.74) is 0.740. The van der Waals surface area contributed by atoms with E-state index in [1.807, 2.05) is 13.0 Å². The van der Waals surface area contributed by atoms with Crippen LogP contribution in [0, 0.1) is 0 Å². The molecular weight excluding hydrogens is 737 g/mol. The molecule has 3 heterocycles. The van der Waals surface area contributed by atoms with E-state index in [0.717, 1.165) is 76.2 Å². The van der Waals surface area contributed by atoms with Crippen molar-refractivity contribution >= 4 is 24.7 Å². The van der Waals surface area contributed by atoms with Gasteiger partial charge in [-0.3, -0.25) is 0 Å². The van der Waals surface area contributed by atoms with Crippen molar-refractivity contribution in [3.05, 3.63) is 84.5 Å². The Bertz CT molecular complexity index is 1480. The summed E-state index contributed by atoms with van der Waals surface area (Å²) < 4.78 is 26.0. The van der Waals surface area contributed by atoms with Gasteiger partial charge in [-0.25, -0.2) is 4.79 Å². The first kappa shape index (κ1) is 46.5. The van der Waals surface area contributed by atoms with Crippen LogP contribution in [-0.2, 0) is 23.4 Å². The van der Waals surface area contributed by atoms with E-state index >= 15 is 0 Å². The molecule has 0 saturated carbocycles. The Hall–Kier alpha value is -2.55. The van der Waals surface area contributed by atoms with Crippen molar-refractivity contribution < 1.29 is 28.5 Å². The van der Waals surface area contributed by atoms with E-state index < -0.39 is 8.32 Å². The molecule has 3 aliphatic rings. The molecule has 2 saturated heterocycles. The van der Waals surface area contributed by atoms with E-state index in [9.17, 15) is 9.90 Å². The lowest BCUT2D eigenvalue weighted by molar-refractivity contribution is -0.139. The molecule has 0 amide bonds. The van der Waals surface area contributed by atoms with Gasteiger partial charge in [0.2, 0.25) is 0 Å². The number of hydrogen-bond acceptors (Lipinski definition) is 6. The Morgan fingerprint density at radius 3 is 1.95 bits per heavy atom. The molecule has 7 atom stereocenters. The number of benzene rings is 2. The van der Waals surface area contributed by atoms with Crippen molar-refractivity contribution in [1.82, 2.24) is 0 Å². The monoisotopic (exact) mass is 815 g/mol. The summed E-state index contributed by atoms with van der Waals surface area (Å²) in [7, 11) is -2.79. The molecule has 7 heteroatoms. The van der Waals surface area contributed by atoms with Gasteiger partial charge in [0.15, 0.2) is 0 Å². The summed E-state index contributed by atoms with van der Waals surface area (Å²) in [4.78, 5) is 12.8. The van der Waals surface area contributed by atoms with Gasteiger partial charge in [-0.05, 0) is 86.2 Å². The van der Waals surface area contributed by atoms with Crippen LogP contribution in [-0.4, -0.2) is 62.1 Å². The normalized spacial score (nSPS) is 23.7. The van der Waals surface area contributed by atoms with E-state index in [1.54, 1.807) is 0 Å². The minimum atomic E-state index is -2.79. The molecule has 0 aromatic heterocycles. The lowest BCUT2D eigenvalue weighted by atomic mass is 10.0. The van der Waals surface area contributed by atoms with Crippen LogP contribution in [0.15, 0.2) is 84.5 Å². The molecule has 6 nitrogen and oxygen atoms in total. The predicted molar refractivity (Wildman–Crippen MR) is 241 cm³/mol. The SMILES string of the molecule is CCCCCCCCCCCC[C@@H](O)[C@H]1CC[C@@H]([C@@H]2CC[C@@H](C/C=C/CCCC[C@H](CC3=C[C@H](C)OC3=O)O[Si](c3ccccc3)(c3ccccc3)C(C)(C)C)O2)O1. The van der Waals surface area contributed by atoms with E-state index in [-0.39, 0.29) is 53.7 Å². The molecule has 3 aliphatic heterocycles. The molecule has 0 radical (unpaired) electrons. The average Bonchev–Trinajstić information content (AvgIpc) is 3.97. The second kappa shape index (κ2) is 24.0. The number of rotatable bonds is 26. The van der Waals surface area contributed by atoms with Crippen molar-refractivity contribution in [2.24, 2.45) is 0 Å². The van der Waals surface area contributed by atoms with Gasteiger partial charge in [0, 0.05) is 12.0 Å². The molecule has 0 bridgehead atoms. The molecule has 0 spiro atoms. The van der Waals surface area contributed by atoms with Gasteiger partial charge >= 0.3 is 5.97 Å². The van der Waals surface area contributed by atoms with Gasteiger partial charge in [-0.15, -0.1) is 0 Å². The average molecular weight is 815 g/mol. The summed E-state index contributed by atoms with van der Waals surface area (Å²) in [5, 5.41) is 13.2. The smallest absolute Gasteiger partial charge is 0.334 e. The highest BCUT2D eigenvalue weighted by Gasteiger charge is 2.51. The zero-order valence-electron chi connectivity index (χ0n) is 36.9. The van der Waals surface area contributed by atoms with Crippen molar-refractivity contribution in [3.8, 4) is 0 Å². The van der Waals surface area contributed by atoms with Crippen molar-refractivity contribution in [3.63, 3.8) is 0 Å². The second-order valence-corrected chi connectivity index (χ2v) is 22.9. The topological polar surface area (TPSA) is 74.2 Å². The fourth-order valence-electron chi connectivity index (χ4n) is 9.62. The molecule has 58 heavy (non-hydrogen) atoms. The van der Waals surface area contributed by atoms with Crippen LogP contribution in [0.2, 0.25) is 5.04 Å². The van der Waals surface area contributed by atoms with Gasteiger partial charge in [-0.2, -0.15) is 0 Å². The maximum Gasteiger partial charge on any atom is 0.334 e. The minimum absolute atomic E-state index is 0.0349. The second-order valence-electron chi connectivity index (χ2n) is 18.6. The minimum Gasteiger partial charge on any atom is -0.455 e. The Kier molecular flexibility index (Phi) is 19.3. The molecule has 0 unspecified atom stereocenters. The van der Waals surface area contributed by atoms with E-state index in [0.29, 0.717) is 6.42 Å². The number of carbonyl (C=O) groups is 1. The molecule has 2 fully saturated rings. The van der Waals surface area contributed by atoms with Crippen LogP contribution < -0.4 is 10.4 Å². The Balaban J connectivity index is 1.05. The molecule has 1 N–H and O–H groups in total. The largest absolute Gasteiger partial charge is 0.455 e. The molecule has 0 aliphatic carbocycles. The lowest BCUT2D eigenvalue weighted by Gasteiger charge is -2.45. The number of allylic oxidation sites excluding steroid dienone is 1. The number of carbonyl (C=O) groups excluding carboxylic acids is 1. The number of cyclic esters (lactones) is 1. The number of ether oxygens (including phenoxy) is 3. The molecule has 5 rings (SSSR count). The van der Waals surface area contributed by atoms with E-state index in [4.69, 9.17) is 18.6 Å².